The summed E-state index contributed by atoms with van der Waals surface area (Å²) in [6, 6.07) is 24.5. The molecule has 0 spiro atoms. The Balaban J connectivity index is 1.54. The molecule has 1 heterocycles. The molecule has 162 valence electrons. The molecule has 0 bridgehead atoms. The van der Waals surface area contributed by atoms with Crippen molar-refractivity contribution >= 4 is 46.5 Å². The van der Waals surface area contributed by atoms with E-state index in [0.29, 0.717) is 17.8 Å². The molecule has 0 aliphatic carbocycles. The van der Waals surface area contributed by atoms with Crippen LogP contribution in [0.1, 0.15) is 24.2 Å². The van der Waals surface area contributed by atoms with Crippen LogP contribution in [0, 0.1) is 0 Å². The first kappa shape index (κ1) is 21.6. The van der Waals surface area contributed by atoms with E-state index >= 15 is 0 Å². The Morgan fingerprint density at radius 2 is 1.62 bits per heavy atom. The Morgan fingerprint density at radius 1 is 0.938 bits per heavy atom. The molecule has 0 saturated heterocycles. The van der Waals surface area contributed by atoms with Gasteiger partial charge >= 0.3 is 0 Å². The van der Waals surface area contributed by atoms with Gasteiger partial charge in [0.2, 0.25) is 17.7 Å². The van der Waals surface area contributed by atoms with Gasteiger partial charge in [-0.15, -0.1) is 11.8 Å². The number of hydrogen-bond acceptors (Lipinski definition) is 4. The number of carbonyl (C=O) groups excluding carboxylic acids is 3. The number of thioether (sulfide) groups is 1. The van der Waals surface area contributed by atoms with Crippen molar-refractivity contribution in [3.63, 3.8) is 0 Å². The van der Waals surface area contributed by atoms with Crippen molar-refractivity contribution in [3.8, 4) is 0 Å². The number of anilines is 3. The van der Waals surface area contributed by atoms with Gasteiger partial charge in [-0.2, -0.15) is 0 Å². The Hall–Kier alpha value is -3.58. The van der Waals surface area contributed by atoms with Crippen molar-refractivity contribution in [1.82, 2.24) is 0 Å². The van der Waals surface area contributed by atoms with Crippen molar-refractivity contribution in [2.45, 2.75) is 23.5 Å². The number of rotatable bonds is 5. The first-order valence-corrected chi connectivity index (χ1v) is 11.2. The van der Waals surface area contributed by atoms with Crippen LogP contribution in [0.25, 0.3) is 0 Å². The normalized spacial score (nSPS) is 15.5. The van der Waals surface area contributed by atoms with Crippen LogP contribution in [0.2, 0.25) is 0 Å². The van der Waals surface area contributed by atoms with Gasteiger partial charge in [-0.25, -0.2) is 0 Å². The molecule has 3 amide bonds. The molecule has 0 saturated carbocycles. The quantitative estimate of drug-likeness (QED) is 0.588. The maximum Gasteiger partial charge on any atom is 0.244 e. The summed E-state index contributed by atoms with van der Waals surface area (Å²) < 4.78 is 0. The van der Waals surface area contributed by atoms with E-state index in [-0.39, 0.29) is 29.5 Å². The molecule has 7 heteroatoms. The molecule has 1 atom stereocenters. The van der Waals surface area contributed by atoms with Crippen molar-refractivity contribution in [2.24, 2.45) is 0 Å². The van der Waals surface area contributed by atoms with E-state index in [4.69, 9.17) is 0 Å². The van der Waals surface area contributed by atoms with Crippen LogP contribution in [-0.2, 0) is 14.4 Å². The van der Waals surface area contributed by atoms with Gasteiger partial charge in [0.1, 0.15) is 6.54 Å². The lowest BCUT2D eigenvalue weighted by molar-refractivity contribution is -0.121. The molecule has 6 nitrogen and oxygen atoms in total. The number of nitrogens with one attached hydrogen (secondary N) is 2. The number of benzene rings is 3. The zero-order chi connectivity index (χ0) is 22.5. The number of amides is 3. The molecule has 4 rings (SSSR count). The average molecular weight is 446 g/mol. The average Bonchev–Trinajstić information content (AvgIpc) is 2.91. The highest BCUT2D eigenvalue weighted by Crippen LogP contribution is 2.45. The lowest BCUT2D eigenvalue weighted by Gasteiger charge is -2.22. The Labute approximate surface area is 191 Å². The second-order valence-corrected chi connectivity index (χ2v) is 8.72. The fourth-order valence-corrected chi connectivity index (χ4v) is 4.91. The van der Waals surface area contributed by atoms with Gasteiger partial charge in [0.05, 0.1) is 5.69 Å². The summed E-state index contributed by atoms with van der Waals surface area (Å²) in [5, 5.41) is 5.50. The van der Waals surface area contributed by atoms with Crippen LogP contribution in [0.3, 0.4) is 0 Å². The van der Waals surface area contributed by atoms with Crippen LogP contribution in [0.5, 0.6) is 0 Å². The van der Waals surface area contributed by atoms with Crippen molar-refractivity contribution in [2.75, 3.05) is 22.1 Å². The van der Waals surface area contributed by atoms with Gasteiger partial charge in [0, 0.05) is 34.9 Å². The standard InChI is InChI=1S/C25H23N3O3S/c1-17(29)26-19-10-7-11-20(14-19)27-24(30)16-28-21-12-5-6-13-22(21)32-23(15-25(28)31)18-8-3-2-4-9-18/h2-14,23H,15-16H2,1H3,(H,26,29)(H,27,30)/t23-/m1/s1. The highest BCUT2D eigenvalue weighted by Gasteiger charge is 2.30. The predicted octanol–water partition coefficient (Wildman–Crippen LogP) is 4.85. The van der Waals surface area contributed by atoms with Crippen molar-refractivity contribution < 1.29 is 14.4 Å². The minimum absolute atomic E-state index is 0.0211. The number of hydrogen-bond donors (Lipinski definition) is 2. The molecule has 3 aromatic carbocycles. The number of fused-ring (bicyclic) bond motifs is 1. The van der Waals surface area contributed by atoms with Crippen LogP contribution in [0.15, 0.2) is 83.8 Å². The minimum atomic E-state index is -0.309. The summed E-state index contributed by atoms with van der Waals surface area (Å²) in [6.07, 6.45) is 0.300. The number of carbonyl (C=O) groups is 3. The molecule has 0 aromatic heterocycles. The number of nitrogens with zero attached hydrogens (tertiary/aromatic N) is 1. The molecule has 32 heavy (non-hydrogen) atoms. The molecule has 1 aliphatic heterocycles. The predicted molar refractivity (Wildman–Crippen MR) is 128 cm³/mol. The largest absolute Gasteiger partial charge is 0.326 e. The Morgan fingerprint density at radius 3 is 2.38 bits per heavy atom. The third-order valence-corrected chi connectivity index (χ3v) is 6.35. The van der Waals surface area contributed by atoms with Gasteiger partial charge in [-0.05, 0) is 35.9 Å². The fraction of sp³-hybridized carbons (Fsp3) is 0.160. The van der Waals surface area contributed by atoms with Crippen LogP contribution in [0.4, 0.5) is 17.1 Å². The van der Waals surface area contributed by atoms with E-state index in [1.165, 1.54) is 6.92 Å². The molecular weight excluding hydrogens is 422 g/mol. The summed E-state index contributed by atoms with van der Waals surface area (Å²) in [6.45, 7) is 1.33. The smallest absolute Gasteiger partial charge is 0.244 e. The van der Waals surface area contributed by atoms with Crippen LogP contribution in [-0.4, -0.2) is 24.3 Å². The molecule has 3 aromatic rings. The van der Waals surface area contributed by atoms with Gasteiger partial charge in [0.25, 0.3) is 0 Å². The Kier molecular flexibility index (Phi) is 6.56. The van der Waals surface area contributed by atoms with Crippen molar-refractivity contribution in [3.05, 3.63) is 84.4 Å². The lowest BCUT2D eigenvalue weighted by atomic mass is 10.1. The van der Waals surface area contributed by atoms with Crippen molar-refractivity contribution in [1.29, 1.82) is 0 Å². The first-order valence-electron chi connectivity index (χ1n) is 10.3. The van der Waals surface area contributed by atoms with E-state index in [1.807, 2.05) is 54.6 Å². The maximum absolute atomic E-state index is 13.2. The van der Waals surface area contributed by atoms with E-state index in [9.17, 15) is 14.4 Å². The molecule has 0 unspecified atom stereocenters. The second kappa shape index (κ2) is 9.70. The van der Waals surface area contributed by atoms with E-state index < -0.39 is 0 Å². The Bertz CT molecular complexity index is 1150. The zero-order valence-electron chi connectivity index (χ0n) is 17.6. The lowest BCUT2D eigenvalue weighted by Crippen LogP contribution is -2.38. The second-order valence-electron chi connectivity index (χ2n) is 7.48. The van der Waals surface area contributed by atoms with Gasteiger partial charge in [-0.1, -0.05) is 48.5 Å². The third-order valence-electron chi connectivity index (χ3n) is 5.03. The van der Waals surface area contributed by atoms with Gasteiger partial charge in [-0.3, -0.25) is 14.4 Å². The highest BCUT2D eigenvalue weighted by molar-refractivity contribution is 7.99. The zero-order valence-corrected chi connectivity index (χ0v) is 18.4. The maximum atomic E-state index is 13.2. The summed E-state index contributed by atoms with van der Waals surface area (Å²) in [4.78, 5) is 39.8. The minimum Gasteiger partial charge on any atom is -0.326 e. The van der Waals surface area contributed by atoms with Gasteiger partial charge < -0.3 is 15.5 Å². The summed E-state index contributed by atoms with van der Waals surface area (Å²) in [5.74, 6) is -0.597. The molecule has 0 radical (unpaired) electrons. The van der Waals surface area contributed by atoms with Crippen LogP contribution < -0.4 is 15.5 Å². The summed E-state index contributed by atoms with van der Waals surface area (Å²) in [5.41, 5.74) is 2.96. The fourth-order valence-electron chi connectivity index (χ4n) is 3.63. The van der Waals surface area contributed by atoms with Crippen LogP contribution >= 0.6 is 11.8 Å². The molecule has 1 aliphatic rings. The molecular formula is C25H23N3O3S. The first-order chi connectivity index (χ1) is 15.5. The number of para-hydroxylation sites is 1. The van der Waals surface area contributed by atoms with E-state index in [0.717, 1.165) is 16.1 Å². The van der Waals surface area contributed by atoms with E-state index in [1.54, 1.807) is 40.9 Å². The third kappa shape index (κ3) is 5.18. The summed E-state index contributed by atoms with van der Waals surface area (Å²) >= 11 is 1.64. The molecule has 0 fully saturated rings. The monoisotopic (exact) mass is 445 g/mol. The van der Waals surface area contributed by atoms with E-state index in [2.05, 4.69) is 10.6 Å². The highest BCUT2D eigenvalue weighted by atomic mass is 32.2. The summed E-state index contributed by atoms with van der Waals surface area (Å²) in [7, 11) is 0. The van der Waals surface area contributed by atoms with Gasteiger partial charge in [0.15, 0.2) is 0 Å². The topological polar surface area (TPSA) is 78.5 Å². The molecule has 2 N–H and O–H groups in total. The SMILES string of the molecule is CC(=O)Nc1cccc(NC(=O)CN2C(=O)C[C@H](c3ccccc3)Sc3ccccc32)c1.